The van der Waals surface area contributed by atoms with E-state index in [1.54, 1.807) is 7.11 Å². The Hall–Kier alpha value is -0.610. The Morgan fingerprint density at radius 1 is 1.50 bits per heavy atom. The van der Waals surface area contributed by atoms with Gasteiger partial charge in [0.1, 0.15) is 0 Å². The summed E-state index contributed by atoms with van der Waals surface area (Å²) >= 11 is 0. The van der Waals surface area contributed by atoms with E-state index in [9.17, 15) is 4.79 Å². The van der Waals surface area contributed by atoms with Crippen LogP contribution in [0.5, 0.6) is 0 Å². The number of hydrogen-bond donors (Lipinski definition) is 2. The van der Waals surface area contributed by atoms with E-state index in [-0.39, 0.29) is 16.9 Å². The van der Waals surface area contributed by atoms with Gasteiger partial charge in [-0.05, 0) is 31.2 Å². The molecule has 0 atom stereocenters. The third kappa shape index (κ3) is 3.46. The molecule has 0 heterocycles. The maximum Gasteiger partial charge on any atom is 0.222 e. The molecule has 1 amide bonds. The number of hydrogen-bond acceptors (Lipinski definition) is 3. The van der Waals surface area contributed by atoms with Crippen LogP contribution in [0.4, 0.5) is 0 Å². The zero-order valence-electron chi connectivity index (χ0n) is 10.6. The number of rotatable bonds is 6. The molecule has 4 heteroatoms. The van der Waals surface area contributed by atoms with Crippen LogP contribution < -0.4 is 11.1 Å². The number of amides is 1. The van der Waals surface area contributed by atoms with Gasteiger partial charge in [0.2, 0.25) is 5.91 Å². The first kappa shape index (κ1) is 13.5. The monoisotopic (exact) mass is 228 g/mol. The molecule has 0 aromatic heterocycles. The summed E-state index contributed by atoms with van der Waals surface area (Å²) in [4.78, 5) is 11.7. The van der Waals surface area contributed by atoms with Crippen molar-refractivity contribution >= 4 is 5.91 Å². The highest BCUT2D eigenvalue weighted by Gasteiger charge is 2.39. The minimum Gasteiger partial charge on any atom is -0.378 e. The van der Waals surface area contributed by atoms with Crippen molar-refractivity contribution in [2.45, 2.75) is 45.1 Å². The predicted octanol–water partition coefficient (Wildman–Crippen LogP) is 1.05. The molecule has 1 saturated carbocycles. The maximum atomic E-state index is 11.7. The molecule has 0 aromatic carbocycles. The average molecular weight is 228 g/mol. The lowest BCUT2D eigenvalue weighted by molar-refractivity contribution is -0.134. The SMILES string of the molecule is COC1(CC(=O)NCC(C)(C)CN)CCC1. The van der Waals surface area contributed by atoms with Crippen molar-refractivity contribution in [1.29, 1.82) is 0 Å². The second kappa shape index (κ2) is 5.15. The Labute approximate surface area is 97.9 Å². The van der Waals surface area contributed by atoms with Crippen LogP contribution in [-0.2, 0) is 9.53 Å². The van der Waals surface area contributed by atoms with Gasteiger partial charge in [-0.25, -0.2) is 0 Å². The van der Waals surface area contributed by atoms with Gasteiger partial charge in [0.05, 0.1) is 12.0 Å². The van der Waals surface area contributed by atoms with Gasteiger partial charge in [-0.3, -0.25) is 4.79 Å². The van der Waals surface area contributed by atoms with Crippen molar-refractivity contribution in [3.8, 4) is 0 Å². The standard InChI is InChI=1S/C12H24N2O2/c1-11(2,8-13)9-14-10(15)7-12(16-3)5-4-6-12/h4-9,13H2,1-3H3,(H,14,15). The average Bonchev–Trinajstić information content (AvgIpc) is 2.21. The molecule has 0 bridgehead atoms. The van der Waals surface area contributed by atoms with E-state index in [1.807, 2.05) is 13.8 Å². The predicted molar refractivity (Wildman–Crippen MR) is 64.1 cm³/mol. The van der Waals surface area contributed by atoms with Gasteiger partial charge < -0.3 is 15.8 Å². The summed E-state index contributed by atoms with van der Waals surface area (Å²) in [6.07, 6.45) is 3.63. The molecule has 1 rings (SSSR count). The Bertz CT molecular complexity index is 242. The fourth-order valence-electron chi connectivity index (χ4n) is 1.79. The van der Waals surface area contributed by atoms with E-state index in [4.69, 9.17) is 10.5 Å². The molecule has 1 aliphatic carbocycles. The molecule has 1 fully saturated rings. The summed E-state index contributed by atoms with van der Waals surface area (Å²) in [6.45, 7) is 5.29. The summed E-state index contributed by atoms with van der Waals surface area (Å²) in [7, 11) is 1.69. The van der Waals surface area contributed by atoms with Crippen molar-refractivity contribution in [1.82, 2.24) is 5.32 Å². The molecular weight excluding hydrogens is 204 g/mol. The molecule has 0 saturated heterocycles. The van der Waals surface area contributed by atoms with Crippen molar-refractivity contribution < 1.29 is 9.53 Å². The van der Waals surface area contributed by atoms with Crippen LogP contribution in [0.15, 0.2) is 0 Å². The fraction of sp³-hybridized carbons (Fsp3) is 0.917. The first-order chi connectivity index (χ1) is 7.43. The van der Waals surface area contributed by atoms with E-state index >= 15 is 0 Å². The topological polar surface area (TPSA) is 64.3 Å². The van der Waals surface area contributed by atoms with Gasteiger partial charge in [-0.1, -0.05) is 13.8 Å². The molecule has 0 radical (unpaired) electrons. The highest BCUT2D eigenvalue weighted by molar-refractivity contribution is 5.77. The summed E-state index contributed by atoms with van der Waals surface area (Å²) in [5.41, 5.74) is 5.39. The van der Waals surface area contributed by atoms with Gasteiger partial charge in [-0.2, -0.15) is 0 Å². The van der Waals surface area contributed by atoms with Crippen LogP contribution in [0.1, 0.15) is 39.5 Å². The lowest BCUT2D eigenvalue weighted by Crippen LogP contribution is -2.46. The minimum absolute atomic E-state index is 0.0322. The zero-order valence-corrected chi connectivity index (χ0v) is 10.6. The fourth-order valence-corrected chi connectivity index (χ4v) is 1.79. The number of ether oxygens (including phenoxy) is 1. The van der Waals surface area contributed by atoms with Crippen LogP contribution in [0.3, 0.4) is 0 Å². The van der Waals surface area contributed by atoms with Crippen LogP contribution in [-0.4, -0.2) is 31.7 Å². The van der Waals surface area contributed by atoms with Crippen molar-refractivity contribution in [3.63, 3.8) is 0 Å². The molecule has 0 unspecified atom stereocenters. The molecule has 0 aliphatic heterocycles. The van der Waals surface area contributed by atoms with Gasteiger partial charge in [-0.15, -0.1) is 0 Å². The molecule has 3 N–H and O–H groups in total. The second-order valence-corrected chi connectivity index (χ2v) is 5.56. The van der Waals surface area contributed by atoms with Crippen molar-refractivity contribution in [3.05, 3.63) is 0 Å². The lowest BCUT2D eigenvalue weighted by atomic mass is 9.77. The summed E-state index contributed by atoms with van der Waals surface area (Å²) in [6, 6.07) is 0. The molecular formula is C12H24N2O2. The van der Waals surface area contributed by atoms with E-state index < -0.39 is 0 Å². The van der Waals surface area contributed by atoms with Crippen LogP contribution in [0, 0.1) is 5.41 Å². The number of nitrogens with one attached hydrogen (secondary N) is 1. The lowest BCUT2D eigenvalue weighted by Gasteiger charge is -2.40. The van der Waals surface area contributed by atoms with E-state index in [0.29, 0.717) is 19.5 Å². The number of nitrogens with two attached hydrogens (primary N) is 1. The van der Waals surface area contributed by atoms with Crippen LogP contribution in [0.2, 0.25) is 0 Å². The van der Waals surface area contributed by atoms with Crippen LogP contribution >= 0.6 is 0 Å². The van der Waals surface area contributed by atoms with Crippen LogP contribution in [0.25, 0.3) is 0 Å². The number of carbonyl (C=O) groups is 1. The number of methoxy groups -OCH3 is 1. The Morgan fingerprint density at radius 2 is 2.12 bits per heavy atom. The Balaban J connectivity index is 2.31. The molecule has 94 valence electrons. The van der Waals surface area contributed by atoms with E-state index in [0.717, 1.165) is 19.3 Å². The molecule has 16 heavy (non-hydrogen) atoms. The highest BCUT2D eigenvalue weighted by atomic mass is 16.5. The van der Waals surface area contributed by atoms with E-state index in [1.165, 1.54) is 0 Å². The van der Waals surface area contributed by atoms with Gasteiger partial charge in [0.25, 0.3) is 0 Å². The maximum absolute atomic E-state index is 11.7. The summed E-state index contributed by atoms with van der Waals surface area (Å²) in [5.74, 6) is 0.0723. The summed E-state index contributed by atoms with van der Waals surface area (Å²) < 4.78 is 5.42. The van der Waals surface area contributed by atoms with Gasteiger partial charge in [0, 0.05) is 13.7 Å². The first-order valence-corrected chi connectivity index (χ1v) is 5.95. The second-order valence-electron chi connectivity index (χ2n) is 5.56. The van der Waals surface area contributed by atoms with Crippen molar-refractivity contribution in [2.75, 3.05) is 20.2 Å². The zero-order chi connectivity index (χ0) is 12.2. The Morgan fingerprint density at radius 3 is 2.50 bits per heavy atom. The van der Waals surface area contributed by atoms with Gasteiger partial charge in [0.15, 0.2) is 0 Å². The Kier molecular flexibility index (Phi) is 4.33. The third-order valence-corrected chi connectivity index (χ3v) is 3.50. The largest absolute Gasteiger partial charge is 0.378 e. The van der Waals surface area contributed by atoms with Gasteiger partial charge >= 0.3 is 0 Å². The number of carbonyl (C=O) groups excluding carboxylic acids is 1. The highest BCUT2D eigenvalue weighted by Crippen LogP contribution is 2.37. The third-order valence-electron chi connectivity index (χ3n) is 3.50. The minimum atomic E-state index is -0.184. The molecule has 0 spiro atoms. The quantitative estimate of drug-likeness (QED) is 0.714. The first-order valence-electron chi connectivity index (χ1n) is 5.95. The normalized spacial score (nSPS) is 19.0. The molecule has 1 aliphatic rings. The smallest absolute Gasteiger partial charge is 0.222 e. The molecule has 0 aromatic rings. The van der Waals surface area contributed by atoms with E-state index in [2.05, 4.69) is 5.32 Å². The molecule has 4 nitrogen and oxygen atoms in total. The summed E-state index contributed by atoms with van der Waals surface area (Å²) in [5, 5.41) is 2.93. The van der Waals surface area contributed by atoms with Crippen molar-refractivity contribution in [2.24, 2.45) is 11.1 Å².